The first-order valence-corrected chi connectivity index (χ1v) is 8.45. The second-order valence-corrected chi connectivity index (χ2v) is 6.54. The third kappa shape index (κ3) is 5.11. The lowest BCUT2D eigenvalue weighted by Gasteiger charge is -2.18. The number of rotatable bonds is 9. The highest BCUT2D eigenvalue weighted by atomic mass is 32.2. The molecule has 3 N–H and O–H groups in total. The molecule has 6 heteroatoms. The molecule has 0 aliphatic carbocycles. The van der Waals surface area contributed by atoms with Crippen molar-refractivity contribution >= 4 is 15.7 Å². The molecule has 0 aliphatic rings. The van der Waals surface area contributed by atoms with Crippen LogP contribution < -0.4 is 10.0 Å². The molecule has 1 unspecified atom stereocenters. The van der Waals surface area contributed by atoms with Crippen LogP contribution in [0.1, 0.15) is 33.1 Å². The van der Waals surface area contributed by atoms with Crippen molar-refractivity contribution in [3.05, 3.63) is 24.3 Å². The molecule has 0 aliphatic heterocycles. The van der Waals surface area contributed by atoms with Crippen molar-refractivity contribution in [3.8, 4) is 0 Å². The Morgan fingerprint density at radius 2 is 2.00 bits per heavy atom. The van der Waals surface area contributed by atoms with Gasteiger partial charge in [0.1, 0.15) is 4.90 Å². The number of aliphatic hydroxyl groups is 1. The molecule has 114 valence electrons. The Labute approximate surface area is 121 Å². The van der Waals surface area contributed by atoms with E-state index in [4.69, 9.17) is 5.11 Å². The maximum atomic E-state index is 12.2. The van der Waals surface area contributed by atoms with Crippen molar-refractivity contribution in [2.45, 2.75) is 44.0 Å². The van der Waals surface area contributed by atoms with Crippen LogP contribution in [0, 0.1) is 0 Å². The SMILES string of the molecule is CCCNS(=O)(=O)c1ccccc1NC(C)CCCO. The summed E-state index contributed by atoms with van der Waals surface area (Å²) in [6.45, 7) is 4.46. The van der Waals surface area contributed by atoms with E-state index in [1.54, 1.807) is 24.3 Å². The van der Waals surface area contributed by atoms with Crippen molar-refractivity contribution in [3.63, 3.8) is 0 Å². The number of anilines is 1. The fourth-order valence-corrected chi connectivity index (χ4v) is 3.17. The van der Waals surface area contributed by atoms with Gasteiger partial charge in [-0.1, -0.05) is 19.1 Å². The molecule has 1 aromatic carbocycles. The van der Waals surface area contributed by atoms with E-state index in [0.717, 1.165) is 12.8 Å². The zero-order valence-corrected chi connectivity index (χ0v) is 12.9. The molecular weight excluding hydrogens is 276 g/mol. The second kappa shape index (κ2) is 8.24. The predicted molar refractivity (Wildman–Crippen MR) is 81.3 cm³/mol. The molecule has 1 aromatic rings. The lowest BCUT2D eigenvalue weighted by molar-refractivity contribution is 0.282. The van der Waals surface area contributed by atoms with E-state index in [1.807, 2.05) is 13.8 Å². The summed E-state index contributed by atoms with van der Waals surface area (Å²) in [6.07, 6.45) is 2.23. The largest absolute Gasteiger partial charge is 0.396 e. The van der Waals surface area contributed by atoms with E-state index in [9.17, 15) is 8.42 Å². The highest BCUT2D eigenvalue weighted by Gasteiger charge is 2.18. The molecule has 0 spiro atoms. The molecule has 0 saturated carbocycles. The lowest BCUT2D eigenvalue weighted by atomic mass is 10.2. The molecule has 1 rings (SSSR count). The Kier molecular flexibility index (Phi) is 6.98. The second-order valence-electron chi connectivity index (χ2n) is 4.81. The Hall–Kier alpha value is -1.11. The summed E-state index contributed by atoms with van der Waals surface area (Å²) in [5.74, 6) is 0. The van der Waals surface area contributed by atoms with Crippen LogP contribution in [-0.4, -0.2) is 32.7 Å². The van der Waals surface area contributed by atoms with Gasteiger partial charge >= 0.3 is 0 Å². The summed E-state index contributed by atoms with van der Waals surface area (Å²) in [7, 11) is -3.48. The van der Waals surface area contributed by atoms with E-state index in [1.165, 1.54) is 0 Å². The van der Waals surface area contributed by atoms with Crippen molar-refractivity contribution in [2.75, 3.05) is 18.5 Å². The smallest absolute Gasteiger partial charge is 0.242 e. The highest BCUT2D eigenvalue weighted by Crippen LogP contribution is 2.22. The molecule has 0 fully saturated rings. The standard InChI is InChI=1S/C14H24N2O3S/c1-3-10-15-20(18,19)14-9-5-4-8-13(14)16-12(2)7-6-11-17/h4-5,8-9,12,15-17H,3,6-7,10-11H2,1-2H3. The van der Waals surface area contributed by atoms with Crippen LogP contribution in [0.2, 0.25) is 0 Å². The van der Waals surface area contributed by atoms with E-state index in [0.29, 0.717) is 18.7 Å². The third-order valence-electron chi connectivity index (χ3n) is 2.92. The fourth-order valence-electron chi connectivity index (χ4n) is 1.87. The third-order valence-corrected chi connectivity index (χ3v) is 4.44. The summed E-state index contributed by atoms with van der Waals surface area (Å²) < 4.78 is 27.0. The van der Waals surface area contributed by atoms with E-state index >= 15 is 0 Å². The van der Waals surface area contributed by atoms with Crippen molar-refractivity contribution < 1.29 is 13.5 Å². The highest BCUT2D eigenvalue weighted by molar-refractivity contribution is 7.89. The summed E-state index contributed by atoms with van der Waals surface area (Å²) in [6, 6.07) is 6.98. The topological polar surface area (TPSA) is 78.4 Å². The number of hydrogen-bond donors (Lipinski definition) is 3. The first-order chi connectivity index (χ1) is 9.51. The Bertz CT molecular complexity index is 503. The molecule has 0 aromatic heterocycles. The number of hydrogen-bond acceptors (Lipinski definition) is 4. The molecule has 1 atom stereocenters. The van der Waals surface area contributed by atoms with Gasteiger partial charge in [-0.25, -0.2) is 13.1 Å². The number of nitrogens with one attached hydrogen (secondary N) is 2. The van der Waals surface area contributed by atoms with E-state index in [2.05, 4.69) is 10.0 Å². The molecule has 0 amide bonds. The van der Waals surface area contributed by atoms with Crippen molar-refractivity contribution in [1.29, 1.82) is 0 Å². The van der Waals surface area contributed by atoms with Gasteiger partial charge in [0.15, 0.2) is 0 Å². The molecule has 0 heterocycles. The van der Waals surface area contributed by atoms with Crippen LogP contribution >= 0.6 is 0 Å². The van der Waals surface area contributed by atoms with Crippen LogP contribution in [0.5, 0.6) is 0 Å². The van der Waals surface area contributed by atoms with Gasteiger partial charge in [-0.3, -0.25) is 0 Å². The number of aliphatic hydroxyl groups excluding tert-OH is 1. The van der Waals surface area contributed by atoms with Gasteiger partial charge in [0.2, 0.25) is 10.0 Å². The van der Waals surface area contributed by atoms with Crippen LogP contribution in [-0.2, 0) is 10.0 Å². The van der Waals surface area contributed by atoms with Crippen LogP contribution in [0.25, 0.3) is 0 Å². The normalized spacial score (nSPS) is 13.2. The number of sulfonamides is 1. The van der Waals surface area contributed by atoms with Crippen molar-refractivity contribution in [2.24, 2.45) is 0 Å². The van der Waals surface area contributed by atoms with Gasteiger partial charge in [-0.05, 0) is 38.3 Å². The quantitative estimate of drug-likeness (QED) is 0.651. The molecule has 5 nitrogen and oxygen atoms in total. The summed E-state index contributed by atoms with van der Waals surface area (Å²) in [4.78, 5) is 0.268. The van der Waals surface area contributed by atoms with Crippen LogP contribution in [0.3, 0.4) is 0 Å². The molecular formula is C14H24N2O3S. The van der Waals surface area contributed by atoms with E-state index in [-0.39, 0.29) is 17.5 Å². The van der Waals surface area contributed by atoms with Gasteiger partial charge in [0.05, 0.1) is 5.69 Å². The average molecular weight is 300 g/mol. The molecule has 0 saturated heterocycles. The van der Waals surface area contributed by atoms with Gasteiger partial charge in [0.25, 0.3) is 0 Å². The molecule has 20 heavy (non-hydrogen) atoms. The molecule has 0 bridgehead atoms. The minimum absolute atomic E-state index is 0.102. The maximum Gasteiger partial charge on any atom is 0.242 e. The zero-order valence-electron chi connectivity index (χ0n) is 12.1. The lowest BCUT2D eigenvalue weighted by Crippen LogP contribution is -2.26. The maximum absolute atomic E-state index is 12.2. The zero-order chi connectivity index (χ0) is 15.0. The van der Waals surface area contributed by atoms with Crippen LogP contribution in [0.4, 0.5) is 5.69 Å². The summed E-state index contributed by atoms with van der Waals surface area (Å²) in [5, 5.41) is 12.0. The Morgan fingerprint density at radius 1 is 1.30 bits per heavy atom. The first kappa shape index (κ1) is 16.9. The first-order valence-electron chi connectivity index (χ1n) is 6.97. The fraction of sp³-hybridized carbons (Fsp3) is 0.571. The Balaban J connectivity index is 2.88. The number of para-hydroxylation sites is 1. The monoisotopic (exact) mass is 300 g/mol. The average Bonchev–Trinajstić information content (AvgIpc) is 2.43. The summed E-state index contributed by atoms with van der Waals surface area (Å²) in [5.41, 5.74) is 0.599. The van der Waals surface area contributed by atoms with Gasteiger partial charge in [-0.2, -0.15) is 0 Å². The van der Waals surface area contributed by atoms with Crippen LogP contribution in [0.15, 0.2) is 29.2 Å². The number of benzene rings is 1. The summed E-state index contributed by atoms with van der Waals surface area (Å²) >= 11 is 0. The van der Waals surface area contributed by atoms with E-state index < -0.39 is 10.0 Å². The molecule has 0 radical (unpaired) electrons. The Morgan fingerprint density at radius 3 is 2.65 bits per heavy atom. The minimum Gasteiger partial charge on any atom is -0.396 e. The minimum atomic E-state index is -3.48. The van der Waals surface area contributed by atoms with Gasteiger partial charge in [0, 0.05) is 19.2 Å². The predicted octanol–water partition coefficient (Wildman–Crippen LogP) is 1.95. The van der Waals surface area contributed by atoms with Crippen molar-refractivity contribution in [1.82, 2.24) is 4.72 Å². The van der Waals surface area contributed by atoms with Gasteiger partial charge < -0.3 is 10.4 Å². The van der Waals surface area contributed by atoms with Gasteiger partial charge in [-0.15, -0.1) is 0 Å².